The van der Waals surface area contributed by atoms with Crippen LogP contribution in [0, 0.1) is 0 Å². The second kappa shape index (κ2) is 7.24. The third-order valence-electron chi connectivity index (χ3n) is 3.31. The molecule has 0 fully saturated rings. The average molecular weight is 283 g/mol. The predicted molar refractivity (Wildman–Crippen MR) is 81.0 cm³/mol. The van der Waals surface area contributed by atoms with Gasteiger partial charge in [-0.3, -0.25) is 9.59 Å². The van der Waals surface area contributed by atoms with Gasteiger partial charge in [-0.1, -0.05) is 42.5 Å². The molecule has 2 aromatic rings. The molecule has 0 saturated carbocycles. The largest absolute Gasteiger partial charge is 0.469 e. The van der Waals surface area contributed by atoms with E-state index in [4.69, 9.17) is 4.74 Å². The highest BCUT2D eigenvalue weighted by Gasteiger charge is 2.21. The van der Waals surface area contributed by atoms with Gasteiger partial charge in [0, 0.05) is 5.69 Å². The fraction of sp³-hybridized carbons (Fsp3) is 0.176. The van der Waals surface area contributed by atoms with Crippen LogP contribution in [0.2, 0.25) is 0 Å². The summed E-state index contributed by atoms with van der Waals surface area (Å²) in [5.41, 5.74) is 2.66. The number of benzene rings is 2. The van der Waals surface area contributed by atoms with Crippen LogP contribution in [0.25, 0.3) is 0 Å². The van der Waals surface area contributed by atoms with Crippen LogP contribution in [0.5, 0.6) is 0 Å². The maximum atomic E-state index is 12.0. The van der Waals surface area contributed by atoms with Crippen LogP contribution in [0.3, 0.4) is 0 Å². The Bertz CT molecular complexity index is 593. The quantitative estimate of drug-likeness (QED) is 0.655. The van der Waals surface area contributed by atoms with Crippen molar-refractivity contribution in [3.8, 4) is 0 Å². The van der Waals surface area contributed by atoms with Crippen LogP contribution in [-0.4, -0.2) is 19.5 Å². The van der Waals surface area contributed by atoms with E-state index in [0.717, 1.165) is 16.8 Å². The lowest BCUT2D eigenvalue weighted by Gasteiger charge is -2.15. The number of carbonyl (C=O) groups is 2. The number of anilines is 1. The van der Waals surface area contributed by atoms with Crippen LogP contribution in [-0.2, 0) is 20.7 Å². The van der Waals surface area contributed by atoms with E-state index < -0.39 is 0 Å². The van der Waals surface area contributed by atoms with Crippen molar-refractivity contribution in [2.75, 3.05) is 12.4 Å². The van der Waals surface area contributed by atoms with E-state index in [1.807, 2.05) is 54.6 Å². The highest BCUT2D eigenvalue weighted by molar-refractivity contribution is 5.78. The van der Waals surface area contributed by atoms with Gasteiger partial charge in [-0.05, 0) is 29.7 Å². The molecule has 0 aliphatic heterocycles. The van der Waals surface area contributed by atoms with E-state index >= 15 is 0 Å². The van der Waals surface area contributed by atoms with Crippen LogP contribution in [0.4, 0.5) is 5.69 Å². The van der Waals surface area contributed by atoms with Crippen molar-refractivity contribution in [2.24, 2.45) is 0 Å². The Morgan fingerprint density at radius 2 is 1.81 bits per heavy atom. The molecule has 2 rings (SSSR count). The number of ether oxygens (including phenoxy) is 1. The molecule has 4 nitrogen and oxygen atoms in total. The standard InChI is InChI=1S/C17H17NO3/c1-21-17(20)16(14-5-3-2-4-6-14)11-13-7-9-15(10-8-13)18-12-19/h2-10,12,16H,11H2,1H3,(H,18,19). The molecule has 0 spiro atoms. The normalized spacial score (nSPS) is 11.5. The van der Waals surface area contributed by atoms with Crippen LogP contribution >= 0.6 is 0 Å². The van der Waals surface area contributed by atoms with Crippen molar-refractivity contribution in [1.29, 1.82) is 0 Å². The summed E-state index contributed by atoms with van der Waals surface area (Å²) in [6.45, 7) is 0. The molecule has 0 aliphatic carbocycles. The minimum Gasteiger partial charge on any atom is -0.469 e. The fourth-order valence-electron chi connectivity index (χ4n) is 2.21. The van der Waals surface area contributed by atoms with E-state index in [9.17, 15) is 9.59 Å². The first-order chi connectivity index (χ1) is 10.2. The van der Waals surface area contributed by atoms with E-state index in [0.29, 0.717) is 12.8 Å². The van der Waals surface area contributed by atoms with Gasteiger partial charge in [0.05, 0.1) is 13.0 Å². The zero-order valence-corrected chi connectivity index (χ0v) is 11.8. The maximum absolute atomic E-state index is 12.0. The van der Waals surface area contributed by atoms with Crippen LogP contribution < -0.4 is 5.32 Å². The average Bonchev–Trinajstić information content (AvgIpc) is 2.54. The Hall–Kier alpha value is -2.62. The molecule has 1 atom stereocenters. The summed E-state index contributed by atoms with van der Waals surface area (Å²) in [4.78, 5) is 22.4. The van der Waals surface area contributed by atoms with Gasteiger partial charge in [0.2, 0.25) is 6.41 Å². The van der Waals surface area contributed by atoms with E-state index in [1.165, 1.54) is 7.11 Å². The third-order valence-corrected chi connectivity index (χ3v) is 3.31. The molecule has 0 bridgehead atoms. The second-order valence-corrected chi connectivity index (χ2v) is 4.65. The Kier molecular flexibility index (Phi) is 5.10. The third kappa shape index (κ3) is 3.92. The molecule has 2 aromatic carbocycles. The fourth-order valence-corrected chi connectivity index (χ4v) is 2.21. The van der Waals surface area contributed by atoms with Gasteiger partial charge in [-0.2, -0.15) is 0 Å². The molecule has 1 N–H and O–H groups in total. The Labute approximate surface area is 123 Å². The number of rotatable bonds is 6. The Morgan fingerprint density at radius 3 is 2.38 bits per heavy atom. The van der Waals surface area contributed by atoms with Gasteiger partial charge >= 0.3 is 5.97 Å². The monoisotopic (exact) mass is 283 g/mol. The first-order valence-corrected chi connectivity index (χ1v) is 6.66. The number of amides is 1. The minimum atomic E-state index is -0.332. The Balaban J connectivity index is 2.19. The predicted octanol–water partition coefficient (Wildman–Crippen LogP) is 2.75. The molecule has 108 valence electrons. The smallest absolute Gasteiger partial charge is 0.313 e. The molecular weight excluding hydrogens is 266 g/mol. The molecule has 0 aromatic heterocycles. The van der Waals surface area contributed by atoms with Crippen molar-refractivity contribution >= 4 is 18.1 Å². The van der Waals surface area contributed by atoms with Gasteiger partial charge in [0.25, 0.3) is 0 Å². The molecule has 0 heterocycles. The number of hydrogen-bond donors (Lipinski definition) is 1. The molecule has 0 aliphatic rings. The molecule has 1 unspecified atom stereocenters. The first kappa shape index (κ1) is 14.8. The van der Waals surface area contributed by atoms with Crippen molar-refractivity contribution in [3.05, 3.63) is 65.7 Å². The summed E-state index contributed by atoms with van der Waals surface area (Å²) >= 11 is 0. The number of esters is 1. The van der Waals surface area contributed by atoms with E-state index in [-0.39, 0.29) is 11.9 Å². The number of carbonyl (C=O) groups excluding carboxylic acids is 2. The SMILES string of the molecule is COC(=O)C(Cc1ccc(NC=O)cc1)c1ccccc1. The van der Waals surface area contributed by atoms with Crippen molar-refractivity contribution in [3.63, 3.8) is 0 Å². The highest BCUT2D eigenvalue weighted by atomic mass is 16.5. The molecular formula is C17H17NO3. The lowest BCUT2D eigenvalue weighted by atomic mass is 9.92. The number of methoxy groups -OCH3 is 1. The Morgan fingerprint density at radius 1 is 1.14 bits per heavy atom. The highest BCUT2D eigenvalue weighted by Crippen LogP contribution is 2.23. The van der Waals surface area contributed by atoms with Crippen molar-refractivity contribution in [1.82, 2.24) is 0 Å². The summed E-state index contributed by atoms with van der Waals surface area (Å²) in [5.74, 6) is -0.586. The second-order valence-electron chi connectivity index (χ2n) is 4.65. The molecule has 0 saturated heterocycles. The van der Waals surface area contributed by atoms with E-state index in [2.05, 4.69) is 5.32 Å². The van der Waals surface area contributed by atoms with Gasteiger partial charge in [0.1, 0.15) is 0 Å². The number of hydrogen-bond acceptors (Lipinski definition) is 3. The zero-order valence-electron chi connectivity index (χ0n) is 11.8. The molecule has 0 radical (unpaired) electrons. The lowest BCUT2D eigenvalue weighted by Crippen LogP contribution is -2.16. The van der Waals surface area contributed by atoms with Crippen molar-refractivity contribution < 1.29 is 14.3 Å². The van der Waals surface area contributed by atoms with Gasteiger partial charge in [-0.15, -0.1) is 0 Å². The molecule has 1 amide bonds. The molecule has 21 heavy (non-hydrogen) atoms. The molecule has 4 heteroatoms. The zero-order chi connectivity index (χ0) is 15.1. The summed E-state index contributed by atoms with van der Waals surface area (Å²) in [7, 11) is 1.40. The van der Waals surface area contributed by atoms with Gasteiger partial charge < -0.3 is 10.1 Å². The summed E-state index contributed by atoms with van der Waals surface area (Å²) in [6, 6.07) is 17.0. The maximum Gasteiger partial charge on any atom is 0.313 e. The minimum absolute atomic E-state index is 0.253. The summed E-state index contributed by atoms with van der Waals surface area (Å²) < 4.78 is 4.90. The van der Waals surface area contributed by atoms with Crippen LogP contribution in [0.1, 0.15) is 17.0 Å². The van der Waals surface area contributed by atoms with Gasteiger partial charge in [0.15, 0.2) is 0 Å². The lowest BCUT2D eigenvalue weighted by molar-refractivity contribution is -0.142. The first-order valence-electron chi connectivity index (χ1n) is 6.66. The van der Waals surface area contributed by atoms with Crippen LogP contribution in [0.15, 0.2) is 54.6 Å². The van der Waals surface area contributed by atoms with Crippen molar-refractivity contribution in [2.45, 2.75) is 12.3 Å². The number of nitrogens with one attached hydrogen (secondary N) is 1. The van der Waals surface area contributed by atoms with E-state index in [1.54, 1.807) is 0 Å². The topological polar surface area (TPSA) is 55.4 Å². The van der Waals surface area contributed by atoms with Gasteiger partial charge in [-0.25, -0.2) is 0 Å². The summed E-state index contributed by atoms with van der Waals surface area (Å²) in [6.07, 6.45) is 1.19. The summed E-state index contributed by atoms with van der Waals surface area (Å²) in [5, 5.41) is 2.58.